The van der Waals surface area contributed by atoms with Gasteiger partial charge in [0.25, 0.3) is 0 Å². The quantitative estimate of drug-likeness (QED) is 0.381. The molecule has 0 spiro atoms. The molecule has 0 bridgehead atoms. The van der Waals surface area contributed by atoms with Crippen LogP contribution in [-0.4, -0.2) is 34.3 Å². The van der Waals surface area contributed by atoms with Crippen molar-refractivity contribution in [2.24, 2.45) is 0 Å². The molecule has 1 aliphatic rings. The van der Waals surface area contributed by atoms with Gasteiger partial charge in [-0.3, -0.25) is 0 Å². The third kappa shape index (κ3) is 5.73. The number of nitrogens with zero attached hydrogens (tertiary/aromatic N) is 1. The van der Waals surface area contributed by atoms with Crippen LogP contribution in [0.25, 0.3) is 22.4 Å². The fourth-order valence-corrected chi connectivity index (χ4v) is 4.78. The Balaban J connectivity index is 1.82. The summed E-state index contributed by atoms with van der Waals surface area (Å²) in [5, 5.41) is 15.1. The summed E-state index contributed by atoms with van der Waals surface area (Å²) in [6.45, 7) is 0.311. The summed E-state index contributed by atoms with van der Waals surface area (Å²) in [4.78, 5) is 5.57. The first-order chi connectivity index (χ1) is 16.0. The number of hydrogen-bond donors (Lipinski definition) is 2. The monoisotopic (exact) mass is 500 g/mol. The van der Waals surface area contributed by atoms with Crippen molar-refractivity contribution in [3.63, 3.8) is 0 Å². The molecule has 1 aromatic heterocycles. The highest BCUT2D eigenvalue weighted by Gasteiger charge is 2.25. The van der Waals surface area contributed by atoms with Crippen LogP contribution in [0.2, 0.25) is 10.0 Å². The summed E-state index contributed by atoms with van der Waals surface area (Å²) < 4.78 is 5.46. The van der Waals surface area contributed by atoms with Crippen LogP contribution in [0.1, 0.15) is 36.9 Å². The highest BCUT2D eigenvalue weighted by Crippen LogP contribution is 2.34. The summed E-state index contributed by atoms with van der Waals surface area (Å²) in [6, 6.07) is 17.3. The normalized spacial score (nSPS) is 18.2. The lowest BCUT2D eigenvalue weighted by Crippen LogP contribution is -2.45. The summed E-state index contributed by atoms with van der Waals surface area (Å²) in [5.74, 6) is 0. The molecule has 0 amide bonds. The summed E-state index contributed by atoms with van der Waals surface area (Å²) in [5.41, 5.74) is 5.19. The highest BCUT2D eigenvalue weighted by atomic mass is 35.5. The molecule has 0 saturated heterocycles. The molecule has 2 aromatic carbocycles. The van der Waals surface area contributed by atoms with Crippen LogP contribution in [0.3, 0.4) is 0 Å². The van der Waals surface area contributed by atoms with E-state index in [0.717, 1.165) is 59.3 Å². The molecule has 172 valence electrons. The van der Waals surface area contributed by atoms with E-state index in [-0.39, 0.29) is 6.04 Å². The number of nitrogens with one attached hydrogen (secondary N) is 1. The second-order valence-corrected chi connectivity index (χ2v) is 9.54. The van der Waals surface area contributed by atoms with Crippen LogP contribution >= 0.6 is 35.4 Å². The van der Waals surface area contributed by atoms with E-state index < -0.39 is 6.10 Å². The van der Waals surface area contributed by atoms with Crippen molar-refractivity contribution in [1.29, 1.82) is 0 Å². The van der Waals surface area contributed by atoms with Gasteiger partial charge in [-0.15, -0.1) is 0 Å². The van der Waals surface area contributed by atoms with E-state index in [1.807, 2.05) is 48.5 Å². The van der Waals surface area contributed by atoms with Crippen molar-refractivity contribution in [1.82, 2.24) is 10.3 Å². The SMILES string of the molecule is COCc1nc(-c2ccc(Cl)cc2)c(-c2ccc(Cl)cc2)cc1C(=S)NC1CCCCC1O. The first-order valence-electron chi connectivity index (χ1n) is 11.0. The molecule has 1 fully saturated rings. The van der Waals surface area contributed by atoms with Gasteiger partial charge in [0.1, 0.15) is 4.99 Å². The van der Waals surface area contributed by atoms with Gasteiger partial charge in [0.2, 0.25) is 0 Å². The van der Waals surface area contributed by atoms with Gasteiger partial charge >= 0.3 is 0 Å². The number of halogens is 2. The van der Waals surface area contributed by atoms with Crippen molar-refractivity contribution >= 4 is 40.4 Å². The van der Waals surface area contributed by atoms with E-state index in [4.69, 9.17) is 45.1 Å². The number of methoxy groups -OCH3 is 1. The van der Waals surface area contributed by atoms with Gasteiger partial charge in [-0.25, -0.2) is 4.98 Å². The average Bonchev–Trinajstić information content (AvgIpc) is 2.81. The average molecular weight is 501 g/mol. The fourth-order valence-electron chi connectivity index (χ4n) is 4.20. The molecule has 4 nitrogen and oxygen atoms in total. The van der Waals surface area contributed by atoms with Crippen LogP contribution in [-0.2, 0) is 11.3 Å². The topological polar surface area (TPSA) is 54.4 Å². The van der Waals surface area contributed by atoms with Crippen LogP contribution < -0.4 is 5.32 Å². The van der Waals surface area contributed by atoms with Crippen molar-refractivity contribution in [2.45, 2.75) is 44.4 Å². The standard InChI is InChI=1S/C26H26Cl2N2O2S/c1-32-15-23-21(26(33)30-22-4-2-3-5-24(22)31)14-20(16-6-10-18(27)11-7-16)25(29-23)17-8-12-19(28)13-9-17/h6-14,22,24,31H,2-5,15H2,1H3,(H,30,33). The molecule has 3 aromatic rings. The van der Waals surface area contributed by atoms with E-state index >= 15 is 0 Å². The van der Waals surface area contributed by atoms with Gasteiger partial charge < -0.3 is 15.2 Å². The molecular weight excluding hydrogens is 475 g/mol. The van der Waals surface area contributed by atoms with E-state index in [0.29, 0.717) is 21.6 Å². The number of aliphatic hydroxyl groups excluding tert-OH is 1. The summed E-state index contributed by atoms with van der Waals surface area (Å²) in [6.07, 6.45) is 3.39. The predicted molar refractivity (Wildman–Crippen MR) is 139 cm³/mol. The summed E-state index contributed by atoms with van der Waals surface area (Å²) >= 11 is 18.1. The van der Waals surface area contributed by atoms with Gasteiger partial charge in [0, 0.05) is 33.8 Å². The van der Waals surface area contributed by atoms with Gasteiger partial charge in [0.15, 0.2) is 0 Å². The molecule has 1 heterocycles. The minimum Gasteiger partial charge on any atom is -0.391 e. The van der Waals surface area contributed by atoms with Gasteiger partial charge in [0.05, 0.1) is 30.1 Å². The zero-order valence-corrected chi connectivity index (χ0v) is 20.7. The highest BCUT2D eigenvalue weighted by molar-refractivity contribution is 7.80. The molecule has 0 radical (unpaired) electrons. The third-order valence-corrected chi connectivity index (χ3v) is 6.79. The number of aliphatic hydroxyl groups is 1. The molecule has 33 heavy (non-hydrogen) atoms. The Morgan fingerprint density at radius 3 is 2.24 bits per heavy atom. The number of aromatic nitrogens is 1. The Morgan fingerprint density at radius 2 is 1.64 bits per heavy atom. The van der Waals surface area contributed by atoms with E-state index in [1.54, 1.807) is 7.11 Å². The molecule has 1 aliphatic carbocycles. The van der Waals surface area contributed by atoms with Gasteiger partial charge in [-0.05, 0) is 48.7 Å². The number of pyridine rings is 1. The zero-order valence-electron chi connectivity index (χ0n) is 18.4. The van der Waals surface area contributed by atoms with Crippen LogP contribution in [0.15, 0.2) is 54.6 Å². The molecular formula is C26H26Cl2N2O2S. The lowest BCUT2D eigenvalue weighted by atomic mass is 9.92. The molecule has 1 saturated carbocycles. The maximum atomic E-state index is 10.4. The maximum Gasteiger partial charge on any atom is 0.108 e. The Kier molecular flexibility index (Phi) is 7.99. The first kappa shape index (κ1) is 24.1. The Morgan fingerprint density at radius 1 is 1.03 bits per heavy atom. The Hall–Kier alpha value is -2.02. The predicted octanol–water partition coefficient (Wildman–Crippen LogP) is 6.44. The zero-order chi connectivity index (χ0) is 23.4. The van der Waals surface area contributed by atoms with Crippen LogP contribution in [0.4, 0.5) is 0 Å². The van der Waals surface area contributed by atoms with E-state index in [9.17, 15) is 5.11 Å². The minimum absolute atomic E-state index is 0.0587. The van der Waals surface area contributed by atoms with E-state index in [2.05, 4.69) is 11.4 Å². The van der Waals surface area contributed by atoms with Gasteiger partial charge in [-0.2, -0.15) is 0 Å². The largest absolute Gasteiger partial charge is 0.391 e. The maximum absolute atomic E-state index is 10.4. The lowest BCUT2D eigenvalue weighted by Gasteiger charge is -2.30. The van der Waals surface area contributed by atoms with Crippen molar-refractivity contribution in [3.8, 4) is 22.4 Å². The van der Waals surface area contributed by atoms with Crippen LogP contribution in [0.5, 0.6) is 0 Å². The molecule has 2 unspecified atom stereocenters. The molecule has 2 N–H and O–H groups in total. The molecule has 2 atom stereocenters. The fraction of sp³-hybridized carbons (Fsp3) is 0.308. The third-order valence-electron chi connectivity index (χ3n) is 5.95. The number of benzene rings is 2. The number of hydrogen-bond acceptors (Lipinski definition) is 4. The van der Waals surface area contributed by atoms with E-state index in [1.165, 1.54) is 0 Å². The number of ether oxygens (including phenoxy) is 1. The summed E-state index contributed by atoms with van der Waals surface area (Å²) in [7, 11) is 1.64. The minimum atomic E-state index is -0.403. The van der Waals surface area contributed by atoms with Crippen LogP contribution in [0, 0.1) is 0 Å². The smallest absolute Gasteiger partial charge is 0.108 e. The van der Waals surface area contributed by atoms with Crippen molar-refractivity contribution in [3.05, 3.63) is 75.9 Å². The van der Waals surface area contributed by atoms with Gasteiger partial charge in [-0.1, -0.05) is 72.5 Å². The molecule has 0 aliphatic heterocycles. The second-order valence-electron chi connectivity index (χ2n) is 8.26. The lowest BCUT2D eigenvalue weighted by molar-refractivity contribution is 0.100. The number of thiocarbonyl (C=S) groups is 1. The number of rotatable bonds is 6. The Bertz CT molecular complexity index is 1120. The second kappa shape index (κ2) is 10.9. The molecule has 7 heteroatoms. The Labute approximate surface area is 209 Å². The molecule has 4 rings (SSSR count). The first-order valence-corrected chi connectivity index (χ1v) is 12.2. The van der Waals surface area contributed by atoms with Crippen molar-refractivity contribution < 1.29 is 9.84 Å². The van der Waals surface area contributed by atoms with Crippen molar-refractivity contribution in [2.75, 3.05) is 7.11 Å².